The van der Waals surface area contributed by atoms with Gasteiger partial charge in [-0.25, -0.2) is 9.67 Å². The molecule has 0 aromatic carbocycles. The van der Waals surface area contributed by atoms with Crippen molar-refractivity contribution < 1.29 is 4.79 Å². The van der Waals surface area contributed by atoms with E-state index in [1.165, 1.54) is 0 Å². The summed E-state index contributed by atoms with van der Waals surface area (Å²) in [6.45, 7) is 5.32. The van der Waals surface area contributed by atoms with Crippen LogP contribution >= 0.6 is 0 Å². The summed E-state index contributed by atoms with van der Waals surface area (Å²) in [5.74, 6) is 0.854. The van der Waals surface area contributed by atoms with Gasteiger partial charge in [0, 0.05) is 24.9 Å². The highest BCUT2D eigenvalue weighted by atomic mass is 16.1. The smallest absolute Gasteiger partial charge is 0.220 e. The zero-order valence-electron chi connectivity index (χ0n) is 13.4. The average molecular weight is 301 g/mol. The molecule has 2 heterocycles. The van der Waals surface area contributed by atoms with E-state index >= 15 is 0 Å². The third kappa shape index (κ3) is 4.39. The van der Waals surface area contributed by atoms with Gasteiger partial charge in [0.05, 0.1) is 5.69 Å². The molecule has 0 saturated carbocycles. The minimum absolute atomic E-state index is 0.0675. The van der Waals surface area contributed by atoms with Crippen LogP contribution in [0, 0.1) is 13.8 Å². The van der Waals surface area contributed by atoms with E-state index in [2.05, 4.69) is 20.7 Å². The van der Waals surface area contributed by atoms with E-state index in [1.807, 2.05) is 43.8 Å². The summed E-state index contributed by atoms with van der Waals surface area (Å²) < 4.78 is 1.81. The SMILES string of the molecule is CNCCCC(=O)NCc1ccc(-n2nc(C)cc2C)nc1. The Labute approximate surface area is 130 Å². The lowest BCUT2D eigenvalue weighted by atomic mass is 10.2. The van der Waals surface area contributed by atoms with Gasteiger partial charge in [0.25, 0.3) is 0 Å². The predicted octanol–water partition coefficient (Wildman–Crippen LogP) is 1.50. The second kappa shape index (κ2) is 7.70. The number of nitrogens with zero attached hydrogens (tertiary/aromatic N) is 3. The summed E-state index contributed by atoms with van der Waals surface area (Å²) in [7, 11) is 1.88. The van der Waals surface area contributed by atoms with Gasteiger partial charge in [0.1, 0.15) is 0 Å². The van der Waals surface area contributed by atoms with Gasteiger partial charge in [-0.3, -0.25) is 4.79 Å². The van der Waals surface area contributed by atoms with E-state index in [0.717, 1.165) is 35.7 Å². The van der Waals surface area contributed by atoms with E-state index in [-0.39, 0.29) is 5.91 Å². The minimum atomic E-state index is 0.0675. The highest BCUT2D eigenvalue weighted by Crippen LogP contribution is 2.10. The summed E-state index contributed by atoms with van der Waals surface area (Å²) in [6, 6.07) is 5.90. The third-order valence-corrected chi connectivity index (χ3v) is 3.36. The maximum Gasteiger partial charge on any atom is 0.220 e. The normalized spacial score (nSPS) is 10.7. The molecule has 22 heavy (non-hydrogen) atoms. The molecule has 0 saturated heterocycles. The molecule has 118 valence electrons. The molecule has 0 unspecified atom stereocenters. The van der Waals surface area contributed by atoms with Crippen molar-refractivity contribution in [2.75, 3.05) is 13.6 Å². The Morgan fingerprint density at radius 3 is 2.73 bits per heavy atom. The number of amides is 1. The summed E-state index contributed by atoms with van der Waals surface area (Å²) in [5.41, 5.74) is 3.00. The van der Waals surface area contributed by atoms with Crippen molar-refractivity contribution in [2.24, 2.45) is 0 Å². The van der Waals surface area contributed by atoms with Crippen LogP contribution < -0.4 is 10.6 Å². The monoisotopic (exact) mass is 301 g/mol. The Bertz CT molecular complexity index is 618. The fourth-order valence-electron chi connectivity index (χ4n) is 2.22. The van der Waals surface area contributed by atoms with Gasteiger partial charge in [-0.05, 0) is 51.6 Å². The van der Waals surface area contributed by atoms with E-state index in [4.69, 9.17) is 0 Å². The molecule has 2 aromatic rings. The van der Waals surface area contributed by atoms with Crippen molar-refractivity contribution in [3.8, 4) is 5.82 Å². The van der Waals surface area contributed by atoms with Crippen molar-refractivity contribution in [2.45, 2.75) is 33.2 Å². The number of aromatic nitrogens is 3. The highest BCUT2D eigenvalue weighted by Gasteiger charge is 2.05. The van der Waals surface area contributed by atoms with Crippen LogP contribution in [-0.2, 0) is 11.3 Å². The molecule has 0 atom stereocenters. The average Bonchev–Trinajstić information content (AvgIpc) is 2.85. The van der Waals surface area contributed by atoms with Crippen molar-refractivity contribution in [1.82, 2.24) is 25.4 Å². The first kappa shape index (κ1) is 16.2. The molecule has 2 aromatic heterocycles. The van der Waals surface area contributed by atoms with Crippen LogP contribution in [0.2, 0.25) is 0 Å². The summed E-state index contributed by atoms with van der Waals surface area (Å²) >= 11 is 0. The molecular weight excluding hydrogens is 278 g/mol. The zero-order chi connectivity index (χ0) is 15.9. The standard InChI is InChI=1S/C16H23N5O/c1-12-9-13(2)21(20-12)15-7-6-14(10-18-15)11-19-16(22)5-4-8-17-3/h6-7,9-10,17H,4-5,8,11H2,1-3H3,(H,19,22). The van der Waals surface area contributed by atoms with Crippen molar-refractivity contribution >= 4 is 5.91 Å². The number of aryl methyl sites for hydroxylation is 2. The number of nitrogens with one attached hydrogen (secondary N) is 2. The number of rotatable bonds is 7. The number of hydrogen-bond acceptors (Lipinski definition) is 4. The van der Waals surface area contributed by atoms with Gasteiger partial charge >= 0.3 is 0 Å². The lowest BCUT2D eigenvalue weighted by Gasteiger charge is -2.07. The van der Waals surface area contributed by atoms with Crippen LogP contribution in [0.5, 0.6) is 0 Å². The van der Waals surface area contributed by atoms with Gasteiger partial charge in [-0.15, -0.1) is 0 Å². The van der Waals surface area contributed by atoms with Gasteiger partial charge in [-0.2, -0.15) is 5.10 Å². The van der Waals surface area contributed by atoms with Crippen molar-refractivity contribution in [3.63, 3.8) is 0 Å². The Hall–Kier alpha value is -2.21. The lowest BCUT2D eigenvalue weighted by Crippen LogP contribution is -2.23. The highest BCUT2D eigenvalue weighted by molar-refractivity contribution is 5.75. The largest absolute Gasteiger partial charge is 0.352 e. The van der Waals surface area contributed by atoms with Gasteiger partial charge in [0.15, 0.2) is 5.82 Å². The summed E-state index contributed by atoms with van der Waals surface area (Å²) in [4.78, 5) is 16.1. The second-order valence-electron chi connectivity index (χ2n) is 5.35. The summed E-state index contributed by atoms with van der Waals surface area (Å²) in [6.07, 6.45) is 3.16. The first-order valence-corrected chi connectivity index (χ1v) is 7.50. The van der Waals surface area contributed by atoms with Crippen LogP contribution in [0.1, 0.15) is 29.8 Å². The van der Waals surface area contributed by atoms with Gasteiger partial charge in [-0.1, -0.05) is 6.07 Å². The lowest BCUT2D eigenvalue weighted by molar-refractivity contribution is -0.121. The topological polar surface area (TPSA) is 71.8 Å². The molecule has 2 N–H and O–H groups in total. The number of carbonyl (C=O) groups is 1. The van der Waals surface area contributed by atoms with Crippen LogP contribution in [0.4, 0.5) is 0 Å². The number of hydrogen-bond donors (Lipinski definition) is 2. The van der Waals surface area contributed by atoms with Crippen LogP contribution in [0.3, 0.4) is 0 Å². The molecule has 0 aliphatic rings. The molecule has 0 radical (unpaired) electrons. The van der Waals surface area contributed by atoms with Crippen molar-refractivity contribution in [3.05, 3.63) is 41.3 Å². The van der Waals surface area contributed by atoms with E-state index in [1.54, 1.807) is 6.20 Å². The first-order valence-electron chi connectivity index (χ1n) is 7.50. The van der Waals surface area contributed by atoms with Gasteiger partial charge < -0.3 is 10.6 Å². The van der Waals surface area contributed by atoms with Crippen molar-refractivity contribution in [1.29, 1.82) is 0 Å². The molecule has 6 nitrogen and oxygen atoms in total. The molecule has 0 bridgehead atoms. The number of pyridine rings is 1. The van der Waals surface area contributed by atoms with E-state index < -0.39 is 0 Å². The Balaban J connectivity index is 1.89. The predicted molar refractivity (Wildman–Crippen MR) is 85.8 cm³/mol. The second-order valence-corrected chi connectivity index (χ2v) is 5.35. The first-order chi connectivity index (χ1) is 10.6. The molecule has 0 aliphatic carbocycles. The molecule has 2 rings (SSSR count). The molecule has 6 heteroatoms. The van der Waals surface area contributed by atoms with Gasteiger partial charge in [0.2, 0.25) is 5.91 Å². The quantitative estimate of drug-likeness (QED) is 0.760. The fraction of sp³-hybridized carbons (Fsp3) is 0.438. The fourth-order valence-corrected chi connectivity index (χ4v) is 2.22. The molecule has 1 amide bonds. The minimum Gasteiger partial charge on any atom is -0.352 e. The molecular formula is C16H23N5O. The van der Waals surface area contributed by atoms with E-state index in [0.29, 0.717) is 13.0 Å². The molecule has 0 spiro atoms. The zero-order valence-corrected chi connectivity index (χ0v) is 13.4. The molecule has 0 aliphatic heterocycles. The Kier molecular flexibility index (Phi) is 5.66. The Morgan fingerprint density at radius 2 is 2.14 bits per heavy atom. The maximum atomic E-state index is 11.7. The third-order valence-electron chi connectivity index (χ3n) is 3.36. The Morgan fingerprint density at radius 1 is 1.32 bits per heavy atom. The molecule has 0 fully saturated rings. The van der Waals surface area contributed by atoms with Crippen LogP contribution in [-0.4, -0.2) is 34.3 Å². The van der Waals surface area contributed by atoms with E-state index in [9.17, 15) is 4.79 Å². The number of carbonyl (C=O) groups excluding carboxylic acids is 1. The maximum absolute atomic E-state index is 11.7. The van der Waals surface area contributed by atoms with Crippen LogP contribution in [0.15, 0.2) is 24.4 Å². The van der Waals surface area contributed by atoms with Crippen LogP contribution in [0.25, 0.3) is 5.82 Å². The summed E-state index contributed by atoms with van der Waals surface area (Å²) in [5, 5.41) is 10.3.